The maximum Gasteiger partial charge on any atom is 0.360 e. The van der Waals surface area contributed by atoms with E-state index in [1.807, 2.05) is 0 Å². The highest BCUT2D eigenvalue weighted by Crippen LogP contribution is 2.31. The number of hydrogen-bond donors (Lipinski definition) is 1. The first-order valence-electron chi connectivity index (χ1n) is 9.79. The second kappa shape index (κ2) is 9.41. The standard InChI is InChI=1S/C20H26N2O6S/c1-3-27-20(23)16-13-18(28-21-16)14-10-11-17(26-2)19(12-14)29(24,25)22-15-8-6-4-5-7-9-15/h10-13,15,22H,3-9H2,1-2H3. The van der Waals surface area contributed by atoms with Crippen molar-refractivity contribution in [2.75, 3.05) is 13.7 Å². The van der Waals surface area contributed by atoms with Gasteiger partial charge in [0.25, 0.3) is 0 Å². The predicted molar refractivity (Wildman–Crippen MR) is 106 cm³/mol. The summed E-state index contributed by atoms with van der Waals surface area (Å²) in [6.45, 7) is 1.92. The Labute approximate surface area is 170 Å². The van der Waals surface area contributed by atoms with Crippen LogP contribution >= 0.6 is 0 Å². The van der Waals surface area contributed by atoms with Crippen molar-refractivity contribution in [1.82, 2.24) is 9.88 Å². The van der Waals surface area contributed by atoms with Crippen molar-refractivity contribution in [3.05, 3.63) is 30.0 Å². The summed E-state index contributed by atoms with van der Waals surface area (Å²) in [6.07, 6.45) is 5.94. The smallest absolute Gasteiger partial charge is 0.360 e. The molecule has 0 unspecified atom stereocenters. The highest BCUT2D eigenvalue weighted by molar-refractivity contribution is 7.89. The largest absolute Gasteiger partial charge is 0.495 e. The van der Waals surface area contributed by atoms with Gasteiger partial charge in [0.15, 0.2) is 11.5 Å². The van der Waals surface area contributed by atoms with Gasteiger partial charge in [-0.2, -0.15) is 0 Å². The molecular formula is C20H26N2O6S. The van der Waals surface area contributed by atoms with Crippen molar-refractivity contribution in [1.29, 1.82) is 0 Å². The number of hydrogen-bond acceptors (Lipinski definition) is 7. The van der Waals surface area contributed by atoms with Gasteiger partial charge in [0.2, 0.25) is 10.0 Å². The van der Waals surface area contributed by atoms with Gasteiger partial charge in [0, 0.05) is 17.7 Å². The van der Waals surface area contributed by atoms with E-state index in [4.69, 9.17) is 14.0 Å². The first-order valence-corrected chi connectivity index (χ1v) is 11.3. The van der Waals surface area contributed by atoms with Gasteiger partial charge < -0.3 is 14.0 Å². The van der Waals surface area contributed by atoms with E-state index in [1.165, 1.54) is 19.2 Å². The molecule has 1 aliphatic carbocycles. The van der Waals surface area contributed by atoms with Crippen LogP contribution < -0.4 is 9.46 Å². The summed E-state index contributed by atoms with van der Waals surface area (Å²) in [5.74, 6) is -0.0967. The molecule has 1 N–H and O–H groups in total. The van der Waals surface area contributed by atoms with Crippen molar-refractivity contribution in [3.8, 4) is 17.1 Å². The van der Waals surface area contributed by atoms with Crippen LogP contribution in [0.15, 0.2) is 33.7 Å². The number of aromatic nitrogens is 1. The number of methoxy groups -OCH3 is 1. The maximum atomic E-state index is 13.1. The van der Waals surface area contributed by atoms with Gasteiger partial charge in [0.05, 0.1) is 13.7 Å². The Bertz CT molecular complexity index is 946. The van der Waals surface area contributed by atoms with Gasteiger partial charge in [-0.3, -0.25) is 0 Å². The maximum absolute atomic E-state index is 13.1. The molecule has 0 radical (unpaired) electrons. The second-order valence-corrected chi connectivity index (χ2v) is 8.65. The molecule has 3 rings (SSSR count). The molecule has 158 valence electrons. The molecule has 1 aliphatic rings. The zero-order valence-corrected chi connectivity index (χ0v) is 17.5. The number of carbonyl (C=O) groups is 1. The van der Waals surface area contributed by atoms with Crippen LogP contribution in [0.25, 0.3) is 11.3 Å². The molecular weight excluding hydrogens is 396 g/mol. The number of esters is 1. The fourth-order valence-corrected chi connectivity index (χ4v) is 4.93. The number of rotatable bonds is 7. The summed E-state index contributed by atoms with van der Waals surface area (Å²) in [7, 11) is -2.37. The summed E-state index contributed by atoms with van der Waals surface area (Å²) in [4.78, 5) is 11.8. The fourth-order valence-electron chi connectivity index (χ4n) is 3.43. The monoisotopic (exact) mass is 422 g/mol. The Kier molecular flexibility index (Phi) is 6.92. The molecule has 0 amide bonds. The van der Waals surface area contributed by atoms with Crippen molar-refractivity contribution in [2.45, 2.75) is 56.4 Å². The Hall–Kier alpha value is -2.39. The number of nitrogens with one attached hydrogen (secondary N) is 1. The molecule has 8 nitrogen and oxygen atoms in total. The normalized spacial score (nSPS) is 15.7. The van der Waals surface area contributed by atoms with E-state index in [0.29, 0.717) is 5.56 Å². The van der Waals surface area contributed by atoms with E-state index in [0.717, 1.165) is 38.5 Å². The Morgan fingerprint density at radius 3 is 2.59 bits per heavy atom. The molecule has 1 aromatic carbocycles. The average molecular weight is 423 g/mol. The van der Waals surface area contributed by atoms with Gasteiger partial charge in [-0.15, -0.1) is 0 Å². The minimum atomic E-state index is -3.80. The number of ether oxygens (including phenoxy) is 2. The summed E-state index contributed by atoms with van der Waals surface area (Å²) in [6, 6.07) is 6.02. The van der Waals surface area contributed by atoms with Crippen LogP contribution in [0.3, 0.4) is 0 Å². The van der Waals surface area contributed by atoms with E-state index in [-0.39, 0.29) is 34.7 Å². The van der Waals surface area contributed by atoms with Gasteiger partial charge in [-0.1, -0.05) is 30.8 Å². The molecule has 1 aromatic heterocycles. The number of nitrogens with zero attached hydrogens (tertiary/aromatic N) is 1. The lowest BCUT2D eigenvalue weighted by molar-refractivity contribution is 0.0514. The van der Waals surface area contributed by atoms with Gasteiger partial charge in [0.1, 0.15) is 10.6 Å². The molecule has 29 heavy (non-hydrogen) atoms. The third-order valence-corrected chi connectivity index (χ3v) is 6.45. The molecule has 1 heterocycles. The van der Waals surface area contributed by atoms with E-state index < -0.39 is 16.0 Å². The summed E-state index contributed by atoms with van der Waals surface area (Å²) in [5.41, 5.74) is 0.494. The molecule has 0 saturated heterocycles. The summed E-state index contributed by atoms with van der Waals surface area (Å²) < 4.78 is 44.3. The van der Waals surface area contributed by atoms with Crippen molar-refractivity contribution >= 4 is 16.0 Å². The third-order valence-electron chi connectivity index (χ3n) is 4.91. The molecule has 9 heteroatoms. The quantitative estimate of drug-likeness (QED) is 0.537. The van der Waals surface area contributed by atoms with Gasteiger partial charge in [-0.25, -0.2) is 17.9 Å². The predicted octanol–water partition coefficient (Wildman–Crippen LogP) is 3.53. The number of benzene rings is 1. The molecule has 1 fully saturated rings. The SMILES string of the molecule is CCOC(=O)c1cc(-c2ccc(OC)c(S(=O)(=O)NC3CCCCCC3)c2)on1. The highest BCUT2D eigenvalue weighted by Gasteiger charge is 2.25. The van der Waals surface area contributed by atoms with E-state index >= 15 is 0 Å². The number of sulfonamides is 1. The van der Waals surface area contributed by atoms with Crippen LogP contribution in [-0.4, -0.2) is 39.3 Å². The van der Waals surface area contributed by atoms with Crippen LogP contribution in [0, 0.1) is 0 Å². The molecule has 0 spiro atoms. The van der Waals surface area contributed by atoms with E-state index in [9.17, 15) is 13.2 Å². The van der Waals surface area contributed by atoms with Crippen LogP contribution in [-0.2, 0) is 14.8 Å². The molecule has 0 aliphatic heterocycles. The van der Waals surface area contributed by atoms with Crippen molar-refractivity contribution in [3.63, 3.8) is 0 Å². The lowest BCUT2D eigenvalue weighted by Crippen LogP contribution is -2.34. The summed E-state index contributed by atoms with van der Waals surface area (Å²) in [5, 5.41) is 3.70. The molecule has 2 aromatic rings. The van der Waals surface area contributed by atoms with Crippen LogP contribution in [0.4, 0.5) is 0 Å². The Balaban J connectivity index is 1.89. The summed E-state index contributed by atoms with van der Waals surface area (Å²) >= 11 is 0. The minimum Gasteiger partial charge on any atom is -0.495 e. The first kappa shape index (κ1) is 21.3. The zero-order valence-electron chi connectivity index (χ0n) is 16.6. The fraction of sp³-hybridized carbons (Fsp3) is 0.500. The number of carbonyl (C=O) groups excluding carboxylic acids is 1. The topological polar surface area (TPSA) is 108 Å². The zero-order chi connectivity index (χ0) is 20.9. The Morgan fingerprint density at radius 1 is 1.21 bits per heavy atom. The highest BCUT2D eigenvalue weighted by atomic mass is 32.2. The van der Waals surface area contributed by atoms with E-state index in [2.05, 4.69) is 9.88 Å². The Morgan fingerprint density at radius 2 is 1.93 bits per heavy atom. The van der Waals surface area contributed by atoms with Crippen molar-refractivity contribution in [2.24, 2.45) is 0 Å². The lowest BCUT2D eigenvalue weighted by atomic mass is 10.1. The average Bonchev–Trinajstić information content (AvgIpc) is 3.07. The molecule has 0 atom stereocenters. The van der Waals surface area contributed by atoms with E-state index in [1.54, 1.807) is 19.1 Å². The molecule has 0 bridgehead atoms. The van der Waals surface area contributed by atoms with Gasteiger partial charge >= 0.3 is 5.97 Å². The van der Waals surface area contributed by atoms with Gasteiger partial charge in [-0.05, 0) is 38.0 Å². The van der Waals surface area contributed by atoms with Crippen LogP contribution in [0.2, 0.25) is 0 Å². The lowest BCUT2D eigenvalue weighted by Gasteiger charge is -2.18. The second-order valence-electron chi connectivity index (χ2n) is 6.97. The van der Waals surface area contributed by atoms with Crippen molar-refractivity contribution < 1.29 is 27.2 Å². The first-order chi connectivity index (χ1) is 13.9. The van der Waals surface area contributed by atoms with Crippen LogP contribution in [0.1, 0.15) is 55.9 Å². The van der Waals surface area contributed by atoms with Crippen LogP contribution in [0.5, 0.6) is 5.75 Å². The third kappa shape index (κ3) is 5.16. The minimum absolute atomic E-state index is 0.0239. The molecule has 1 saturated carbocycles.